The molecule has 2 bridgehead atoms. The van der Waals surface area contributed by atoms with E-state index in [1.807, 2.05) is 24.3 Å². The van der Waals surface area contributed by atoms with Crippen LogP contribution in [0.2, 0.25) is 0 Å². The summed E-state index contributed by atoms with van der Waals surface area (Å²) in [6.45, 7) is 6.64. The summed E-state index contributed by atoms with van der Waals surface area (Å²) in [5.74, 6) is 1.65. The maximum atomic E-state index is 12.7. The predicted molar refractivity (Wildman–Crippen MR) is 80.0 cm³/mol. The Balaban J connectivity index is 1.83. The van der Waals surface area contributed by atoms with Crippen molar-refractivity contribution in [2.24, 2.45) is 16.7 Å². The molecule has 3 heteroatoms. The van der Waals surface area contributed by atoms with Gasteiger partial charge in [-0.1, -0.05) is 20.8 Å². The van der Waals surface area contributed by atoms with Gasteiger partial charge in [0.05, 0.1) is 13.2 Å². The fourth-order valence-electron chi connectivity index (χ4n) is 4.12. The van der Waals surface area contributed by atoms with Crippen molar-refractivity contribution in [1.29, 1.82) is 0 Å². The van der Waals surface area contributed by atoms with Gasteiger partial charge in [-0.25, -0.2) is 0 Å². The van der Waals surface area contributed by atoms with Crippen molar-refractivity contribution in [2.75, 3.05) is 12.4 Å². The molecule has 2 aliphatic rings. The number of carbonyl (C=O) groups is 1. The van der Waals surface area contributed by atoms with Gasteiger partial charge in [-0.2, -0.15) is 0 Å². The van der Waals surface area contributed by atoms with Crippen LogP contribution in [0.4, 0.5) is 5.69 Å². The Morgan fingerprint density at radius 1 is 1.20 bits per heavy atom. The van der Waals surface area contributed by atoms with Crippen molar-refractivity contribution in [3.63, 3.8) is 0 Å². The Labute approximate surface area is 120 Å². The fraction of sp³-hybridized carbons (Fsp3) is 0.588. The van der Waals surface area contributed by atoms with E-state index < -0.39 is 0 Å². The van der Waals surface area contributed by atoms with Crippen LogP contribution in [0.25, 0.3) is 0 Å². The number of nitrogens with one attached hydrogen (secondary N) is 1. The van der Waals surface area contributed by atoms with Crippen LogP contribution < -0.4 is 10.1 Å². The Morgan fingerprint density at radius 3 is 2.35 bits per heavy atom. The summed E-state index contributed by atoms with van der Waals surface area (Å²) in [7, 11) is 1.66. The monoisotopic (exact) mass is 273 g/mol. The smallest absolute Gasteiger partial charge is 0.161 e. The zero-order chi connectivity index (χ0) is 14.5. The van der Waals surface area contributed by atoms with Crippen molar-refractivity contribution >= 4 is 11.5 Å². The molecule has 3 atom stereocenters. The highest BCUT2D eigenvalue weighted by Crippen LogP contribution is 2.63. The number of methoxy groups -OCH3 is 1. The molecule has 0 aromatic heterocycles. The van der Waals surface area contributed by atoms with E-state index in [4.69, 9.17) is 4.74 Å². The molecule has 1 aromatic rings. The summed E-state index contributed by atoms with van der Waals surface area (Å²) in [6.07, 6.45) is 2.17. The molecule has 20 heavy (non-hydrogen) atoms. The minimum atomic E-state index is -0.165. The average molecular weight is 273 g/mol. The highest BCUT2D eigenvalue weighted by molar-refractivity contribution is 5.96. The lowest BCUT2D eigenvalue weighted by atomic mass is 9.70. The summed E-state index contributed by atoms with van der Waals surface area (Å²) < 4.78 is 5.16. The van der Waals surface area contributed by atoms with Crippen LogP contribution in [0.15, 0.2) is 24.3 Å². The lowest BCUT2D eigenvalue weighted by molar-refractivity contribution is -0.128. The zero-order valence-corrected chi connectivity index (χ0v) is 12.7. The van der Waals surface area contributed by atoms with E-state index in [9.17, 15) is 4.79 Å². The summed E-state index contributed by atoms with van der Waals surface area (Å²) in [5, 5.41) is 3.45. The SMILES string of the molecule is COc1ccc(N[C@H]2C(=O)[C@]3(C)CC[C@@H]2C3(C)C)cc1. The Kier molecular flexibility index (Phi) is 2.86. The number of Topliss-reactive ketones (excluding diaryl/α,β-unsaturated/α-hetero) is 1. The molecule has 0 radical (unpaired) electrons. The van der Waals surface area contributed by atoms with Gasteiger partial charge in [0.1, 0.15) is 5.75 Å². The van der Waals surface area contributed by atoms with Crippen LogP contribution in [0.3, 0.4) is 0 Å². The highest BCUT2D eigenvalue weighted by atomic mass is 16.5. The summed E-state index contributed by atoms with van der Waals surface area (Å²) in [5.41, 5.74) is 0.923. The molecule has 2 saturated carbocycles. The molecule has 0 unspecified atom stereocenters. The second-order valence-corrected chi connectivity index (χ2v) is 6.91. The molecule has 3 rings (SSSR count). The summed E-state index contributed by atoms with van der Waals surface area (Å²) >= 11 is 0. The lowest BCUT2D eigenvalue weighted by Gasteiger charge is -2.32. The number of hydrogen-bond acceptors (Lipinski definition) is 3. The standard InChI is InChI=1S/C17H23NO2/c1-16(2)13-9-10-17(16,3)15(19)14(13)18-11-5-7-12(20-4)8-6-11/h5-8,13-14,18H,9-10H2,1-4H3/t13-,14+,17-/m0/s1. The van der Waals surface area contributed by atoms with Crippen molar-refractivity contribution in [1.82, 2.24) is 0 Å². The van der Waals surface area contributed by atoms with E-state index in [1.165, 1.54) is 0 Å². The van der Waals surface area contributed by atoms with E-state index in [0.717, 1.165) is 24.3 Å². The molecular formula is C17H23NO2. The van der Waals surface area contributed by atoms with Gasteiger partial charge in [-0.05, 0) is 48.4 Å². The second-order valence-electron chi connectivity index (χ2n) is 6.91. The minimum absolute atomic E-state index is 0.0443. The van der Waals surface area contributed by atoms with Crippen molar-refractivity contribution in [3.05, 3.63) is 24.3 Å². The zero-order valence-electron chi connectivity index (χ0n) is 12.7. The summed E-state index contributed by atoms with van der Waals surface area (Å²) in [4.78, 5) is 12.7. The van der Waals surface area contributed by atoms with Crippen LogP contribution in [0.5, 0.6) is 5.75 Å². The first-order valence-corrected chi connectivity index (χ1v) is 7.35. The number of hydrogen-bond donors (Lipinski definition) is 1. The molecule has 0 aliphatic heterocycles. The fourth-order valence-corrected chi connectivity index (χ4v) is 4.12. The predicted octanol–water partition coefficient (Wildman–Crippen LogP) is 3.50. The Bertz CT molecular complexity index is 534. The molecule has 1 N–H and O–H groups in total. The number of rotatable bonds is 3. The number of carbonyl (C=O) groups excluding carboxylic acids is 1. The van der Waals surface area contributed by atoms with Crippen molar-refractivity contribution in [2.45, 2.75) is 39.7 Å². The molecule has 0 spiro atoms. The molecular weight excluding hydrogens is 250 g/mol. The number of anilines is 1. The second kappa shape index (κ2) is 4.24. The molecule has 0 heterocycles. The average Bonchev–Trinajstić information content (AvgIpc) is 2.74. The van der Waals surface area contributed by atoms with Crippen LogP contribution in [0, 0.1) is 16.7 Å². The molecule has 2 aliphatic carbocycles. The van der Waals surface area contributed by atoms with E-state index in [-0.39, 0.29) is 16.9 Å². The summed E-state index contributed by atoms with van der Waals surface area (Å²) in [6, 6.07) is 7.76. The number of ether oxygens (including phenoxy) is 1. The minimum Gasteiger partial charge on any atom is -0.497 e. The van der Waals surface area contributed by atoms with Gasteiger partial charge in [0, 0.05) is 11.1 Å². The molecule has 0 amide bonds. The van der Waals surface area contributed by atoms with Gasteiger partial charge in [0.25, 0.3) is 0 Å². The van der Waals surface area contributed by atoms with Crippen LogP contribution in [-0.2, 0) is 4.79 Å². The van der Waals surface area contributed by atoms with Crippen molar-refractivity contribution < 1.29 is 9.53 Å². The van der Waals surface area contributed by atoms with E-state index in [1.54, 1.807) is 7.11 Å². The molecule has 3 nitrogen and oxygen atoms in total. The first kappa shape index (κ1) is 13.5. The molecule has 0 saturated heterocycles. The van der Waals surface area contributed by atoms with Gasteiger partial charge >= 0.3 is 0 Å². The maximum Gasteiger partial charge on any atom is 0.161 e. The van der Waals surface area contributed by atoms with E-state index in [0.29, 0.717) is 11.7 Å². The highest BCUT2D eigenvalue weighted by Gasteiger charge is 2.66. The quantitative estimate of drug-likeness (QED) is 0.916. The first-order valence-electron chi connectivity index (χ1n) is 7.35. The van der Waals surface area contributed by atoms with Gasteiger partial charge in [0.15, 0.2) is 5.78 Å². The number of ketones is 1. The largest absolute Gasteiger partial charge is 0.497 e. The lowest BCUT2D eigenvalue weighted by Crippen LogP contribution is -2.38. The Hall–Kier alpha value is -1.51. The van der Waals surface area contributed by atoms with Gasteiger partial charge in [0.2, 0.25) is 0 Å². The third kappa shape index (κ3) is 1.62. The molecule has 1 aromatic carbocycles. The van der Waals surface area contributed by atoms with Gasteiger partial charge < -0.3 is 10.1 Å². The number of fused-ring (bicyclic) bond motifs is 2. The van der Waals surface area contributed by atoms with Gasteiger partial charge in [-0.3, -0.25) is 4.79 Å². The first-order chi connectivity index (χ1) is 9.40. The Morgan fingerprint density at radius 2 is 1.85 bits per heavy atom. The number of benzene rings is 1. The van der Waals surface area contributed by atoms with Gasteiger partial charge in [-0.15, -0.1) is 0 Å². The maximum absolute atomic E-state index is 12.7. The normalized spacial score (nSPS) is 34.3. The van der Waals surface area contributed by atoms with Crippen LogP contribution in [0.1, 0.15) is 33.6 Å². The van der Waals surface area contributed by atoms with Crippen LogP contribution >= 0.6 is 0 Å². The van der Waals surface area contributed by atoms with E-state index in [2.05, 4.69) is 26.1 Å². The molecule has 2 fully saturated rings. The molecule has 108 valence electrons. The third-order valence-corrected chi connectivity index (χ3v) is 5.95. The topological polar surface area (TPSA) is 38.3 Å². The third-order valence-electron chi connectivity index (χ3n) is 5.95. The van der Waals surface area contributed by atoms with E-state index >= 15 is 0 Å². The van der Waals surface area contributed by atoms with Crippen LogP contribution in [-0.4, -0.2) is 18.9 Å². The van der Waals surface area contributed by atoms with Crippen molar-refractivity contribution in [3.8, 4) is 5.75 Å².